The van der Waals surface area contributed by atoms with Crippen LogP contribution in [0.25, 0.3) is 0 Å². The van der Waals surface area contributed by atoms with Crippen molar-refractivity contribution >= 4 is 21.6 Å². The zero-order valence-electron chi connectivity index (χ0n) is 13.3. The lowest BCUT2D eigenvalue weighted by Gasteiger charge is -2.16. The average molecular weight is 432 g/mol. The number of hydrogen-bond acceptors (Lipinski definition) is 9. The Balaban J connectivity index is 0.000000345. The van der Waals surface area contributed by atoms with E-state index in [4.69, 9.17) is 35.2 Å². The maximum Gasteiger partial charge on any atom is 0.478 e. The number of hydrogen-bond donors (Lipinski definition) is 8. The van der Waals surface area contributed by atoms with E-state index in [0.29, 0.717) is 0 Å². The number of aliphatic hydroxyl groups is 3. The summed E-state index contributed by atoms with van der Waals surface area (Å²) < 4.78 is 27.5. The Kier molecular flexibility index (Phi) is 8.16. The van der Waals surface area contributed by atoms with Crippen LogP contribution in [0.3, 0.4) is 0 Å². The van der Waals surface area contributed by atoms with Crippen LogP contribution in [-0.2, 0) is 18.2 Å². The lowest BCUT2D eigenvalue weighted by atomic mass is 10.0. The Morgan fingerprint density at radius 3 is 2.11 bits per heavy atom. The van der Waals surface area contributed by atoms with Crippen LogP contribution in [0, 0.1) is 0 Å². The van der Waals surface area contributed by atoms with Crippen molar-refractivity contribution < 1.29 is 57.9 Å². The SMILES string of the molecule is NC(=O)c1cccnc1C1O[C@H](CO)[C@@H](O)[C@H]1O.O=P(O)(O)OP(=O)(O)O. The number of nitrogens with two attached hydrogens (primary N) is 1. The van der Waals surface area contributed by atoms with Crippen molar-refractivity contribution in [3.05, 3.63) is 29.6 Å². The molecule has 1 aliphatic heterocycles. The Hall–Kier alpha value is -1.28. The summed E-state index contributed by atoms with van der Waals surface area (Å²) in [5.41, 5.74) is 5.48. The molecule has 0 aliphatic carbocycles. The van der Waals surface area contributed by atoms with Gasteiger partial charge in [-0.2, -0.15) is 4.31 Å². The first kappa shape index (κ1) is 23.8. The molecule has 1 aromatic rings. The molecule has 14 nitrogen and oxygen atoms in total. The molecule has 1 fully saturated rings. The molecule has 0 spiro atoms. The molecule has 16 heteroatoms. The van der Waals surface area contributed by atoms with Crippen LogP contribution >= 0.6 is 15.6 Å². The zero-order chi connectivity index (χ0) is 21.0. The fourth-order valence-electron chi connectivity index (χ4n) is 2.12. The second kappa shape index (κ2) is 9.28. The number of primary amides is 1. The highest BCUT2D eigenvalue weighted by Crippen LogP contribution is 2.53. The quantitative estimate of drug-likeness (QED) is 0.225. The lowest BCUT2D eigenvalue weighted by molar-refractivity contribution is -0.0241. The molecule has 0 radical (unpaired) electrons. The predicted molar refractivity (Wildman–Crippen MR) is 84.6 cm³/mol. The molecule has 2 rings (SSSR count). The van der Waals surface area contributed by atoms with Gasteiger partial charge in [-0.05, 0) is 12.1 Å². The van der Waals surface area contributed by atoms with Crippen molar-refractivity contribution in [2.75, 3.05) is 6.61 Å². The van der Waals surface area contributed by atoms with Gasteiger partial charge >= 0.3 is 15.6 Å². The summed E-state index contributed by atoms with van der Waals surface area (Å²) in [6, 6.07) is 2.99. The van der Waals surface area contributed by atoms with E-state index in [9.17, 15) is 24.1 Å². The van der Waals surface area contributed by atoms with Gasteiger partial charge in [0, 0.05) is 6.20 Å². The normalized spacial score (nSPS) is 25.6. The Morgan fingerprint density at radius 1 is 1.19 bits per heavy atom. The molecule has 27 heavy (non-hydrogen) atoms. The van der Waals surface area contributed by atoms with Crippen molar-refractivity contribution in [2.24, 2.45) is 5.73 Å². The van der Waals surface area contributed by atoms with Crippen molar-refractivity contribution in [3.63, 3.8) is 0 Å². The average Bonchev–Trinajstić information content (AvgIpc) is 2.79. The molecule has 1 aromatic heterocycles. The van der Waals surface area contributed by atoms with Crippen molar-refractivity contribution in [1.29, 1.82) is 0 Å². The van der Waals surface area contributed by atoms with Gasteiger partial charge in [0.1, 0.15) is 24.4 Å². The van der Waals surface area contributed by atoms with E-state index in [1.165, 1.54) is 18.3 Å². The molecule has 154 valence electrons. The summed E-state index contributed by atoms with van der Waals surface area (Å²) >= 11 is 0. The summed E-state index contributed by atoms with van der Waals surface area (Å²) in [4.78, 5) is 46.2. The fraction of sp³-hybridized carbons (Fsp3) is 0.455. The van der Waals surface area contributed by atoms with Crippen LogP contribution in [0.15, 0.2) is 18.3 Å². The number of amides is 1. The molecule has 0 bridgehead atoms. The lowest BCUT2D eigenvalue weighted by Crippen LogP contribution is -2.32. The number of aliphatic hydroxyl groups excluding tert-OH is 3. The van der Waals surface area contributed by atoms with Crippen LogP contribution in [0.2, 0.25) is 0 Å². The van der Waals surface area contributed by atoms with Gasteiger partial charge in [0.25, 0.3) is 5.91 Å². The molecular weight excluding hydrogens is 414 g/mol. The van der Waals surface area contributed by atoms with E-state index in [0.717, 1.165) is 0 Å². The number of phosphoric acid groups is 2. The van der Waals surface area contributed by atoms with E-state index in [1.54, 1.807) is 0 Å². The van der Waals surface area contributed by atoms with Crippen LogP contribution < -0.4 is 5.73 Å². The standard InChI is InChI=1S/C11H14N2O5.H4O7P2/c12-11(17)5-2-1-3-13-7(5)10-9(16)8(15)6(4-14)18-10;1-8(2,3)7-9(4,5)6/h1-3,6,8-10,14-16H,4H2,(H2,12,17);(H2,1,2,3)(H2,4,5,6)/t6-,8-,9-,10?;/m1./s1. The molecule has 1 amide bonds. The maximum absolute atomic E-state index is 11.3. The zero-order valence-corrected chi connectivity index (χ0v) is 15.1. The van der Waals surface area contributed by atoms with Gasteiger partial charge in [0.2, 0.25) is 0 Å². The molecule has 1 unspecified atom stereocenters. The first-order valence-electron chi connectivity index (χ1n) is 6.96. The van der Waals surface area contributed by atoms with Crippen LogP contribution in [-0.4, -0.2) is 70.7 Å². The van der Waals surface area contributed by atoms with Gasteiger partial charge < -0.3 is 45.4 Å². The number of pyridine rings is 1. The number of nitrogens with zero attached hydrogens (tertiary/aromatic N) is 1. The molecule has 9 N–H and O–H groups in total. The summed E-state index contributed by atoms with van der Waals surface area (Å²) in [5, 5.41) is 28.5. The number of carbonyl (C=O) groups excluding carboxylic acids is 1. The minimum Gasteiger partial charge on any atom is -0.394 e. The Labute approximate surface area is 151 Å². The fourth-order valence-corrected chi connectivity index (χ4v) is 3.23. The van der Waals surface area contributed by atoms with Gasteiger partial charge in [-0.15, -0.1) is 0 Å². The second-order valence-corrected chi connectivity index (χ2v) is 7.74. The molecule has 4 atom stereocenters. The number of aromatic nitrogens is 1. The third-order valence-electron chi connectivity index (χ3n) is 3.13. The number of ether oxygens (including phenoxy) is 1. The van der Waals surface area contributed by atoms with Gasteiger partial charge in [-0.3, -0.25) is 9.78 Å². The second-order valence-electron chi connectivity index (χ2n) is 5.12. The van der Waals surface area contributed by atoms with E-state index < -0.39 is 52.6 Å². The van der Waals surface area contributed by atoms with E-state index >= 15 is 0 Å². The van der Waals surface area contributed by atoms with Crippen molar-refractivity contribution in [3.8, 4) is 0 Å². The van der Waals surface area contributed by atoms with Gasteiger partial charge in [-0.1, -0.05) is 0 Å². The van der Waals surface area contributed by atoms with Gasteiger partial charge in [0.05, 0.1) is 17.9 Å². The minimum atomic E-state index is -5.05. The van der Waals surface area contributed by atoms with Crippen molar-refractivity contribution in [2.45, 2.75) is 24.4 Å². The summed E-state index contributed by atoms with van der Waals surface area (Å²) in [6.45, 7) is -0.437. The highest BCUT2D eigenvalue weighted by Gasteiger charge is 2.44. The first-order valence-corrected chi connectivity index (χ1v) is 10.0. The molecule has 0 aromatic carbocycles. The van der Waals surface area contributed by atoms with Gasteiger partial charge in [-0.25, -0.2) is 9.13 Å². The smallest absolute Gasteiger partial charge is 0.394 e. The predicted octanol–water partition coefficient (Wildman–Crippen LogP) is -2.48. The summed E-state index contributed by atoms with van der Waals surface area (Å²) in [5.74, 6) is -0.698. The molecule has 1 saturated heterocycles. The maximum atomic E-state index is 11.3. The minimum absolute atomic E-state index is 0.118. The molecule has 2 heterocycles. The number of rotatable bonds is 5. The van der Waals surface area contributed by atoms with Crippen LogP contribution in [0.4, 0.5) is 0 Å². The van der Waals surface area contributed by atoms with E-state index in [-0.39, 0.29) is 11.3 Å². The monoisotopic (exact) mass is 432 g/mol. The van der Waals surface area contributed by atoms with E-state index in [1.807, 2.05) is 0 Å². The number of carbonyl (C=O) groups is 1. The largest absolute Gasteiger partial charge is 0.478 e. The summed E-state index contributed by atoms with van der Waals surface area (Å²) in [6.07, 6.45) is -2.97. The van der Waals surface area contributed by atoms with E-state index in [2.05, 4.69) is 9.29 Å². The van der Waals surface area contributed by atoms with Crippen LogP contribution in [0.5, 0.6) is 0 Å². The molecule has 0 saturated carbocycles. The molecule has 1 aliphatic rings. The van der Waals surface area contributed by atoms with Crippen LogP contribution in [0.1, 0.15) is 22.2 Å². The van der Waals surface area contributed by atoms with Crippen molar-refractivity contribution in [1.82, 2.24) is 4.98 Å². The summed E-state index contributed by atoms with van der Waals surface area (Å²) in [7, 11) is -10.1. The van der Waals surface area contributed by atoms with Gasteiger partial charge in [0.15, 0.2) is 0 Å². The highest BCUT2D eigenvalue weighted by molar-refractivity contribution is 7.60. The first-order chi connectivity index (χ1) is 12.3. The third-order valence-corrected chi connectivity index (χ3v) is 4.83. The third kappa shape index (κ3) is 7.33. The Bertz CT molecular complexity index is 729. The Morgan fingerprint density at radius 2 is 1.74 bits per heavy atom. The highest BCUT2D eigenvalue weighted by atomic mass is 31.3. The topological polar surface area (TPSA) is 250 Å². The molecular formula is C11H18N2O12P2.